The molecule has 0 radical (unpaired) electrons. The van der Waals surface area contributed by atoms with E-state index in [2.05, 4.69) is 27.7 Å². The van der Waals surface area contributed by atoms with Crippen LogP contribution in [-0.4, -0.2) is 35.5 Å². The number of hydrogen-bond acceptors (Lipinski definition) is 4. The van der Waals surface area contributed by atoms with Crippen LogP contribution in [0.5, 0.6) is 0 Å². The smallest absolute Gasteiger partial charge is 0.351 e. The van der Waals surface area contributed by atoms with Crippen LogP contribution in [0.15, 0.2) is 0 Å². The predicted octanol–water partition coefficient (Wildman–Crippen LogP) is 12.1. The Morgan fingerprint density at radius 2 is 0.425 bits per heavy atom. The van der Waals surface area contributed by atoms with Gasteiger partial charge in [-0.2, -0.15) is 0 Å². The summed E-state index contributed by atoms with van der Waals surface area (Å²) in [5.41, 5.74) is 0. The average molecular weight is 587 g/mol. The minimum atomic E-state index is -3.11. The van der Waals surface area contributed by atoms with Crippen LogP contribution < -0.4 is 0 Å². The molecule has 0 rings (SSSR count). The molecule has 0 aromatic carbocycles. The monoisotopic (exact) mass is 587 g/mol. The van der Waals surface area contributed by atoms with Gasteiger partial charge in [0.15, 0.2) is 0 Å². The van der Waals surface area contributed by atoms with Crippen molar-refractivity contribution in [2.45, 2.75) is 201 Å². The van der Waals surface area contributed by atoms with E-state index in [-0.39, 0.29) is 0 Å². The van der Waals surface area contributed by atoms with E-state index in [1.165, 1.54) is 148 Å². The van der Waals surface area contributed by atoms with Crippen molar-refractivity contribution in [3.05, 3.63) is 0 Å². The summed E-state index contributed by atoms with van der Waals surface area (Å²) >= 11 is 0. The molecule has 0 saturated heterocycles. The predicted molar refractivity (Wildman–Crippen MR) is 177 cm³/mol. The summed E-state index contributed by atoms with van der Waals surface area (Å²) in [5.74, 6) is 0. The van der Waals surface area contributed by atoms with E-state index in [0.717, 1.165) is 25.7 Å². The second-order valence-electron chi connectivity index (χ2n) is 12.0. The second kappa shape index (κ2) is 33.6. The first-order chi connectivity index (χ1) is 19.7. The van der Waals surface area contributed by atoms with E-state index in [1.807, 2.05) is 0 Å². The first-order valence-corrected chi connectivity index (χ1v) is 19.9. The quantitative estimate of drug-likeness (QED) is 0.0546. The third-order valence-electron chi connectivity index (χ3n) is 7.86. The van der Waals surface area contributed by atoms with Crippen LogP contribution in [0.3, 0.4) is 0 Å². The highest BCUT2D eigenvalue weighted by atomic mass is 28.4. The van der Waals surface area contributed by atoms with E-state index in [0.29, 0.717) is 26.4 Å². The van der Waals surface area contributed by atoms with Crippen molar-refractivity contribution < 1.29 is 17.7 Å². The summed E-state index contributed by atoms with van der Waals surface area (Å²) in [5, 5.41) is 0. The molecule has 0 aliphatic heterocycles. The fraction of sp³-hybridized carbons (Fsp3) is 1.00. The van der Waals surface area contributed by atoms with Gasteiger partial charge < -0.3 is 17.7 Å². The Hall–Kier alpha value is 0.0569. The van der Waals surface area contributed by atoms with Gasteiger partial charge in [-0.1, -0.05) is 175 Å². The molecule has 0 bridgehead atoms. The lowest BCUT2D eigenvalue weighted by Gasteiger charge is -2.28. The van der Waals surface area contributed by atoms with Gasteiger partial charge in [-0.3, -0.25) is 0 Å². The van der Waals surface area contributed by atoms with Crippen LogP contribution in [0.1, 0.15) is 201 Å². The molecule has 0 amide bonds. The van der Waals surface area contributed by atoms with Crippen LogP contribution in [-0.2, 0) is 17.7 Å². The van der Waals surface area contributed by atoms with Crippen molar-refractivity contribution in [3.8, 4) is 0 Å². The van der Waals surface area contributed by atoms with Crippen LogP contribution in [0.25, 0.3) is 0 Å². The molecule has 0 N–H and O–H groups in total. The van der Waals surface area contributed by atoms with Crippen LogP contribution in [0, 0.1) is 0 Å². The molecule has 0 aliphatic rings. The topological polar surface area (TPSA) is 36.9 Å². The Balaban J connectivity index is 4.80. The molecular formula is C35H74O4Si. The zero-order valence-corrected chi connectivity index (χ0v) is 29.1. The van der Waals surface area contributed by atoms with E-state index in [1.54, 1.807) is 0 Å². The minimum Gasteiger partial charge on any atom is -0.351 e. The summed E-state index contributed by atoms with van der Waals surface area (Å²) < 4.78 is 26.0. The Morgan fingerprint density at radius 1 is 0.250 bits per heavy atom. The third-order valence-corrected chi connectivity index (χ3v) is 10.1. The van der Waals surface area contributed by atoms with Gasteiger partial charge in [0.25, 0.3) is 0 Å². The first kappa shape index (κ1) is 40.1. The lowest BCUT2D eigenvalue weighted by atomic mass is 10.1. The van der Waals surface area contributed by atoms with Crippen molar-refractivity contribution in [1.29, 1.82) is 0 Å². The van der Waals surface area contributed by atoms with E-state index >= 15 is 0 Å². The highest BCUT2D eigenvalue weighted by Gasteiger charge is 2.45. The van der Waals surface area contributed by atoms with Crippen LogP contribution >= 0.6 is 0 Å². The standard InChI is InChI=1S/C35H74O4Si/c1-5-9-13-17-21-25-29-33-37-40(36-32-28-24-20-16-12-8-4,38-34-30-26-22-18-14-10-6-2)39-35-31-27-23-19-15-11-7-3/h5-35H2,1-4H3. The molecule has 0 atom stereocenters. The van der Waals surface area contributed by atoms with Gasteiger partial charge in [-0.25, -0.2) is 0 Å². The first-order valence-electron chi connectivity index (χ1n) is 18.3. The van der Waals surface area contributed by atoms with Gasteiger partial charge in [-0.15, -0.1) is 0 Å². The Labute approximate surface area is 253 Å². The zero-order chi connectivity index (χ0) is 29.2. The van der Waals surface area contributed by atoms with Crippen molar-refractivity contribution >= 4 is 9.05 Å². The van der Waals surface area contributed by atoms with Crippen molar-refractivity contribution in [2.24, 2.45) is 0 Å². The maximum atomic E-state index is 6.49. The Morgan fingerprint density at radius 3 is 0.625 bits per heavy atom. The molecule has 5 heteroatoms. The van der Waals surface area contributed by atoms with Gasteiger partial charge >= 0.3 is 9.05 Å². The maximum absolute atomic E-state index is 6.49. The Kier molecular flexibility index (Phi) is 33.6. The number of unbranched alkanes of at least 4 members (excludes halogenated alkanes) is 23. The summed E-state index contributed by atoms with van der Waals surface area (Å²) in [4.78, 5) is 0. The lowest BCUT2D eigenvalue weighted by molar-refractivity contribution is -0.0375. The van der Waals surface area contributed by atoms with Crippen LogP contribution in [0.4, 0.5) is 0 Å². The highest BCUT2D eigenvalue weighted by Crippen LogP contribution is 2.19. The summed E-state index contributed by atoms with van der Waals surface area (Å²) in [6.45, 7) is 11.9. The summed E-state index contributed by atoms with van der Waals surface area (Å²) in [6, 6.07) is 0. The number of rotatable bonds is 35. The minimum absolute atomic E-state index is 0.698. The largest absolute Gasteiger partial charge is 0.679 e. The van der Waals surface area contributed by atoms with Gasteiger partial charge in [0, 0.05) is 26.4 Å². The normalized spacial score (nSPS) is 12.0. The molecule has 242 valence electrons. The number of hydrogen-bond donors (Lipinski definition) is 0. The highest BCUT2D eigenvalue weighted by molar-refractivity contribution is 6.53. The molecule has 0 aliphatic carbocycles. The SMILES string of the molecule is CCCCCCCCCO[Si](OCCCCCCCC)(OCCCCCCCCC)OCCCCCCCCC. The van der Waals surface area contributed by atoms with Gasteiger partial charge in [0.2, 0.25) is 0 Å². The fourth-order valence-electron chi connectivity index (χ4n) is 5.10. The fourth-order valence-corrected chi connectivity index (χ4v) is 7.18. The van der Waals surface area contributed by atoms with Gasteiger partial charge in [0.05, 0.1) is 0 Å². The molecule has 40 heavy (non-hydrogen) atoms. The third kappa shape index (κ3) is 28.2. The van der Waals surface area contributed by atoms with Gasteiger partial charge in [0.1, 0.15) is 0 Å². The zero-order valence-electron chi connectivity index (χ0n) is 28.1. The van der Waals surface area contributed by atoms with Crippen molar-refractivity contribution in [2.75, 3.05) is 26.4 Å². The second-order valence-corrected chi connectivity index (χ2v) is 14.2. The lowest BCUT2D eigenvalue weighted by Crippen LogP contribution is -2.50. The Bertz CT molecular complexity index is 412. The molecule has 0 heterocycles. The van der Waals surface area contributed by atoms with Crippen molar-refractivity contribution in [3.63, 3.8) is 0 Å². The summed E-state index contributed by atoms with van der Waals surface area (Å²) in [7, 11) is -3.11. The van der Waals surface area contributed by atoms with E-state index < -0.39 is 9.05 Å². The van der Waals surface area contributed by atoms with Crippen LogP contribution in [0.2, 0.25) is 0 Å². The molecule has 0 fully saturated rings. The maximum Gasteiger partial charge on any atom is 0.679 e. The van der Waals surface area contributed by atoms with Crippen molar-refractivity contribution in [1.82, 2.24) is 0 Å². The molecule has 0 spiro atoms. The average Bonchev–Trinajstić information content (AvgIpc) is 2.96. The molecule has 0 unspecified atom stereocenters. The van der Waals surface area contributed by atoms with E-state index in [9.17, 15) is 0 Å². The molecule has 4 nitrogen and oxygen atoms in total. The van der Waals surface area contributed by atoms with Gasteiger partial charge in [-0.05, 0) is 25.7 Å². The molecule has 0 saturated carbocycles. The van der Waals surface area contributed by atoms with E-state index in [4.69, 9.17) is 17.7 Å². The molecule has 0 aromatic rings. The molecular weight excluding hydrogens is 512 g/mol. The summed E-state index contributed by atoms with van der Waals surface area (Å²) in [6.07, 6.45) is 34.4. The molecule has 0 aromatic heterocycles.